The number of aromatic nitrogens is 3. The largest absolute Gasteiger partial charge is 0.490 e. The fraction of sp³-hybridized carbons (Fsp3) is 0.227. The van der Waals surface area contributed by atoms with Crippen LogP contribution in [0.5, 0.6) is 5.75 Å². The van der Waals surface area contributed by atoms with Gasteiger partial charge in [-0.1, -0.05) is 18.2 Å². The minimum atomic E-state index is -0.136. The number of fused-ring (bicyclic) bond motifs is 1. The Kier molecular flexibility index (Phi) is 4.41. The first kappa shape index (κ1) is 17.1. The first-order chi connectivity index (χ1) is 13.8. The highest BCUT2D eigenvalue weighted by molar-refractivity contribution is 7.17. The Labute approximate surface area is 166 Å². The number of H-pyrrole nitrogens is 1. The van der Waals surface area contributed by atoms with Gasteiger partial charge in [0.1, 0.15) is 16.1 Å². The second-order valence-electron chi connectivity index (χ2n) is 7.01. The fourth-order valence-electron chi connectivity index (χ4n) is 3.67. The third-order valence-corrected chi connectivity index (χ3v) is 6.07. The van der Waals surface area contributed by atoms with Crippen LogP contribution in [0.2, 0.25) is 0 Å². The molecule has 1 fully saturated rings. The summed E-state index contributed by atoms with van der Waals surface area (Å²) in [5.41, 5.74) is 3.20. The summed E-state index contributed by atoms with van der Waals surface area (Å²) >= 11 is 1.41. The van der Waals surface area contributed by atoms with Crippen molar-refractivity contribution in [1.29, 1.82) is 0 Å². The number of benzene rings is 1. The van der Waals surface area contributed by atoms with Gasteiger partial charge in [-0.2, -0.15) is 0 Å². The third-order valence-electron chi connectivity index (χ3n) is 5.10. The van der Waals surface area contributed by atoms with Crippen molar-refractivity contribution in [3.63, 3.8) is 0 Å². The molecule has 0 aliphatic heterocycles. The Morgan fingerprint density at radius 2 is 1.89 bits per heavy atom. The van der Waals surface area contributed by atoms with Crippen LogP contribution in [0.15, 0.2) is 58.8 Å². The van der Waals surface area contributed by atoms with Gasteiger partial charge in [-0.25, -0.2) is 4.98 Å². The molecule has 28 heavy (non-hydrogen) atoms. The van der Waals surface area contributed by atoms with E-state index in [-0.39, 0.29) is 5.56 Å². The zero-order valence-electron chi connectivity index (χ0n) is 15.2. The second-order valence-corrected chi connectivity index (χ2v) is 7.88. The van der Waals surface area contributed by atoms with Crippen molar-refractivity contribution < 1.29 is 4.74 Å². The number of hydrogen-bond donors (Lipinski definition) is 1. The molecule has 4 aromatic rings. The summed E-state index contributed by atoms with van der Waals surface area (Å²) in [7, 11) is 0. The molecule has 0 spiro atoms. The molecule has 5 rings (SSSR count). The summed E-state index contributed by atoms with van der Waals surface area (Å²) < 4.78 is 6.68. The zero-order chi connectivity index (χ0) is 18.9. The molecule has 1 N–H and O–H groups in total. The third kappa shape index (κ3) is 3.20. The molecule has 0 atom stereocenters. The van der Waals surface area contributed by atoms with Crippen LogP contribution in [0.3, 0.4) is 0 Å². The van der Waals surface area contributed by atoms with Crippen molar-refractivity contribution in [2.24, 2.45) is 0 Å². The fourth-order valence-corrected chi connectivity index (χ4v) is 4.58. The van der Waals surface area contributed by atoms with Gasteiger partial charge in [-0.05, 0) is 55.5 Å². The second kappa shape index (κ2) is 7.20. The number of thiophene rings is 1. The molecule has 0 radical (unpaired) electrons. The van der Waals surface area contributed by atoms with Crippen LogP contribution in [0.1, 0.15) is 25.7 Å². The van der Waals surface area contributed by atoms with Crippen LogP contribution in [0, 0.1) is 0 Å². The predicted octanol–water partition coefficient (Wildman–Crippen LogP) is 5.04. The minimum absolute atomic E-state index is 0.136. The Bertz CT molecular complexity index is 1160. The standard InChI is InChI=1S/C22H19N3O2S/c26-22-20-19(24-21(25-22)18-7-3-4-12-23-18)17(13-28-20)14-8-10-16(11-9-14)27-15-5-1-2-6-15/h3-4,7-13,15H,1-2,5-6H2,(H,24,25,26). The van der Waals surface area contributed by atoms with Crippen molar-refractivity contribution in [1.82, 2.24) is 15.0 Å². The van der Waals surface area contributed by atoms with Gasteiger partial charge in [0, 0.05) is 17.1 Å². The highest BCUT2D eigenvalue weighted by Gasteiger charge is 2.17. The lowest BCUT2D eigenvalue weighted by Gasteiger charge is -2.13. The number of aromatic amines is 1. The smallest absolute Gasteiger partial charge is 0.269 e. The zero-order valence-corrected chi connectivity index (χ0v) is 16.0. The van der Waals surface area contributed by atoms with E-state index in [9.17, 15) is 4.79 Å². The molecular weight excluding hydrogens is 370 g/mol. The number of ether oxygens (including phenoxy) is 1. The molecule has 140 valence electrons. The molecule has 3 aromatic heterocycles. The van der Waals surface area contributed by atoms with Gasteiger partial charge < -0.3 is 9.72 Å². The van der Waals surface area contributed by atoms with E-state index in [1.54, 1.807) is 6.20 Å². The van der Waals surface area contributed by atoms with Crippen LogP contribution in [0.4, 0.5) is 0 Å². The van der Waals surface area contributed by atoms with Crippen LogP contribution < -0.4 is 10.3 Å². The number of rotatable bonds is 4. The van der Waals surface area contributed by atoms with Gasteiger partial charge in [0.05, 0.1) is 11.6 Å². The maximum atomic E-state index is 12.5. The van der Waals surface area contributed by atoms with Crippen LogP contribution in [-0.2, 0) is 0 Å². The van der Waals surface area contributed by atoms with E-state index in [4.69, 9.17) is 9.72 Å². The predicted molar refractivity (Wildman–Crippen MR) is 112 cm³/mol. The summed E-state index contributed by atoms with van der Waals surface area (Å²) in [6.45, 7) is 0. The molecule has 1 aliphatic rings. The Hall–Kier alpha value is -2.99. The average molecular weight is 389 g/mol. The summed E-state index contributed by atoms with van der Waals surface area (Å²) in [5.74, 6) is 1.38. The van der Waals surface area contributed by atoms with E-state index in [1.807, 2.05) is 47.8 Å². The molecule has 6 heteroatoms. The molecule has 3 heterocycles. The van der Waals surface area contributed by atoms with E-state index in [2.05, 4.69) is 9.97 Å². The molecule has 0 amide bonds. The number of nitrogens with zero attached hydrogens (tertiary/aromatic N) is 2. The first-order valence-corrected chi connectivity index (χ1v) is 10.4. The van der Waals surface area contributed by atoms with E-state index in [0.717, 1.165) is 29.7 Å². The van der Waals surface area contributed by atoms with Crippen molar-refractivity contribution in [2.75, 3.05) is 0 Å². The Morgan fingerprint density at radius 3 is 2.64 bits per heavy atom. The van der Waals surface area contributed by atoms with E-state index in [0.29, 0.717) is 27.8 Å². The van der Waals surface area contributed by atoms with Gasteiger partial charge in [0.25, 0.3) is 5.56 Å². The molecule has 5 nitrogen and oxygen atoms in total. The average Bonchev–Trinajstić information content (AvgIpc) is 3.39. The molecule has 0 saturated heterocycles. The highest BCUT2D eigenvalue weighted by Crippen LogP contribution is 2.33. The quantitative estimate of drug-likeness (QED) is 0.531. The van der Waals surface area contributed by atoms with E-state index < -0.39 is 0 Å². The van der Waals surface area contributed by atoms with E-state index in [1.165, 1.54) is 24.2 Å². The van der Waals surface area contributed by atoms with Crippen molar-refractivity contribution >= 4 is 21.6 Å². The van der Waals surface area contributed by atoms with Crippen LogP contribution >= 0.6 is 11.3 Å². The molecule has 0 bridgehead atoms. The lowest BCUT2D eigenvalue weighted by Crippen LogP contribution is -2.10. The highest BCUT2D eigenvalue weighted by atomic mass is 32.1. The summed E-state index contributed by atoms with van der Waals surface area (Å²) in [5, 5.41) is 1.99. The molecule has 1 aliphatic carbocycles. The molecule has 1 aromatic carbocycles. The maximum Gasteiger partial charge on any atom is 0.269 e. The number of nitrogens with one attached hydrogen (secondary N) is 1. The molecule has 0 unspecified atom stereocenters. The number of hydrogen-bond acceptors (Lipinski definition) is 5. The van der Waals surface area contributed by atoms with Crippen LogP contribution in [0.25, 0.3) is 32.9 Å². The monoisotopic (exact) mass is 389 g/mol. The van der Waals surface area contributed by atoms with Crippen molar-refractivity contribution in [3.05, 3.63) is 64.4 Å². The van der Waals surface area contributed by atoms with E-state index >= 15 is 0 Å². The van der Waals surface area contributed by atoms with Gasteiger partial charge in [-0.3, -0.25) is 9.78 Å². The number of pyridine rings is 1. The lowest BCUT2D eigenvalue weighted by atomic mass is 10.1. The minimum Gasteiger partial charge on any atom is -0.490 e. The topological polar surface area (TPSA) is 67.9 Å². The van der Waals surface area contributed by atoms with Crippen LogP contribution in [-0.4, -0.2) is 21.1 Å². The SMILES string of the molecule is O=c1[nH]c(-c2ccccn2)nc2c(-c3ccc(OC4CCCC4)cc3)csc12. The molecular formula is C22H19N3O2S. The molecule has 1 saturated carbocycles. The van der Waals surface area contributed by atoms with Crippen molar-refractivity contribution in [2.45, 2.75) is 31.8 Å². The Morgan fingerprint density at radius 1 is 1.07 bits per heavy atom. The lowest BCUT2D eigenvalue weighted by molar-refractivity contribution is 0.210. The van der Waals surface area contributed by atoms with Crippen molar-refractivity contribution in [3.8, 4) is 28.4 Å². The van der Waals surface area contributed by atoms with Gasteiger partial charge in [0.2, 0.25) is 0 Å². The maximum absolute atomic E-state index is 12.5. The van der Waals surface area contributed by atoms with Gasteiger partial charge >= 0.3 is 0 Å². The summed E-state index contributed by atoms with van der Waals surface area (Å²) in [4.78, 5) is 24.4. The summed E-state index contributed by atoms with van der Waals surface area (Å²) in [6.07, 6.45) is 6.82. The van der Waals surface area contributed by atoms with Gasteiger partial charge in [-0.15, -0.1) is 11.3 Å². The Balaban J connectivity index is 1.52. The van der Waals surface area contributed by atoms with Gasteiger partial charge in [0.15, 0.2) is 5.82 Å². The first-order valence-electron chi connectivity index (χ1n) is 9.48. The summed E-state index contributed by atoms with van der Waals surface area (Å²) in [6, 6.07) is 13.6. The normalized spacial score (nSPS) is 14.6.